The van der Waals surface area contributed by atoms with Gasteiger partial charge in [-0.1, -0.05) is 0 Å². The number of aryl methyl sites for hydroxylation is 2. The molecule has 0 bridgehead atoms. The van der Waals surface area contributed by atoms with E-state index in [0.29, 0.717) is 29.7 Å². The predicted octanol–water partition coefficient (Wildman–Crippen LogP) is 1.64. The molecule has 0 amide bonds. The SMILES string of the molecule is Cc1cc(NCc2cc(C(=O)O)c(C)o2)n2ncnc2n1. The molecule has 0 spiro atoms. The number of rotatable bonds is 4. The lowest BCUT2D eigenvalue weighted by Gasteiger charge is -2.06. The Kier molecular flexibility index (Phi) is 3.05. The summed E-state index contributed by atoms with van der Waals surface area (Å²) >= 11 is 0. The lowest BCUT2D eigenvalue weighted by Crippen LogP contribution is -2.06. The van der Waals surface area contributed by atoms with Gasteiger partial charge in [0.2, 0.25) is 0 Å². The molecule has 3 rings (SSSR count). The number of carboxylic acid groups (broad SMARTS) is 1. The van der Waals surface area contributed by atoms with E-state index in [9.17, 15) is 4.79 Å². The molecule has 2 N–H and O–H groups in total. The van der Waals surface area contributed by atoms with E-state index < -0.39 is 5.97 Å². The van der Waals surface area contributed by atoms with E-state index in [1.165, 1.54) is 12.4 Å². The van der Waals surface area contributed by atoms with Gasteiger partial charge in [0.15, 0.2) is 0 Å². The van der Waals surface area contributed by atoms with Crippen molar-refractivity contribution in [3.05, 3.63) is 41.2 Å². The van der Waals surface area contributed by atoms with Gasteiger partial charge in [0, 0.05) is 11.8 Å². The van der Waals surface area contributed by atoms with Crippen molar-refractivity contribution in [2.24, 2.45) is 0 Å². The molecule has 0 saturated heterocycles. The van der Waals surface area contributed by atoms with Crippen molar-refractivity contribution >= 4 is 17.6 Å². The Morgan fingerprint density at radius 1 is 1.43 bits per heavy atom. The summed E-state index contributed by atoms with van der Waals surface area (Å²) in [7, 11) is 0. The number of fused-ring (bicyclic) bond motifs is 1. The maximum atomic E-state index is 11.0. The number of anilines is 1. The first-order valence-electron chi connectivity index (χ1n) is 6.28. The van der Waals surface area contributed by atoms with E-state index in [4.69, 9.17) is 9.52 Å². The first-order chi connectivity index (χ1) is 10.0. The smallest absolute Gasteiger partial charge is 0.339 e. The first kappa shape index (κ1) is 13.1. The molecule has 108 valence electrons. The number of hydrogen-bond donors (Lipinski definition) is 2. The zero-order valence-electron chi connectivity index (χ0n) is 11.5. The van der Waals surface area contributed by atoms with Crippen LogP contribution in [-0.2, 0) is 6.54 Å². The van der Waals surface area contributed by atoms with Crippen LogP contribution < -0.4 is 5.32 Å². The average Bonchev–Trinajstić information content (AvgIpc) is 3.02. The second-order valence-corrected chi connectivity index (χ2v) is 4.60. The fraction of sp³-hybridized carbons (Fsp3) is 0.231. The molecule has 0 aromatic carbocycles. The molecule has 8 heteroatoms. The standard InChI is InChI=1S/C13H13N5O3/c1-7-3-11(18-13(17-7)15-6-16-18)14-5-9-4-10(12(19)20)8(2)21-9/h3-4,6,14H,5H2,1-2H3,(H,19,20). The second-order valence-electron chi connectivity index (χ2n) is 4.60. The van der Waals surface area contributed by atoms with Crippen LogP contribution in [0, 0.1) is 13.8 Å². The number of carboxylic acids is 1. The molecule has 0 unspecified atom stereocenters. The third kappa shape index (κ3) is 2.42. The van der Waals surface area contributed by atoms with Gasteiger partial charge in [0.25, 0.3) is 5.78 Å². The van der Waals surface area contributed by atoms with Gasteiger partial charge in [0.1, 0.15) is 29.2 Å². The summed E-state index contributed by atoms with van der Waals surface area (Å²) in [6.07, 6.45) is 1.42. The van der Waals surface area contributed by atoms with Crippen LogP contribution in [0.5, 0.6) is 0 Å². The Labute approximate surface area is 119 Å². The maximum Gasteiger partial charge on any atom is 0.339 e. The Hall–Kier alpha value is -2.90. The normalized spacial score (nSPS) is 11.0. The number of nitrogens with zero attached hydrogens (tertiary/aromatic N) is 4. The Morgan fingerprint density at radius 2 is 2.24 bits per heavy atom. The number of furan rings is 1. The molecule has 21 heavy (non-hydrogen) atoms. The summed E-state index contributed by atoms with van der Waals surface area (Å²) in [5, 5.41) is 16.2. The first-order valence-corrected chi connectivity index (χ1v) is 6.28. The van der Waals surface area contributed by atoms with Gasteiger partial charge in [-0.3, -0.25) is 0 Å². The molecule has 3 heterocycles. The van der Waals surface area contributed by atoms with Gasteiger partial charge < -0.3 is 14.8 Å². The summed E-state index contributed by atoms with van der Waals surface area (Å²) in [4.78, 5) is 19.3. The zero-order valence-corrected chi connectivity index (χ0v) is 11.5. The minimum absolute atomic E-state index is 0.170. The third-order valence-electron chi connectivity index (χ3n) is 3.02. The second kappa shape index (κ2) is 4.89. The summed E-state index contributed by atoms with van der Waals surface area (Å²) < 4.78 is 6.99. The van der Waals surface area contributed by atoms with E-state index >= 15 is 0 Å². The topological polar surface area (TPSA) is 106 Å². The summed E-state index contributed by atoms with van der Waals surface area (Å²) in [5.74, 6) is 1.13. The van der Waals surface area contributed by atoms with Gasteiger partial charge in [-0.05, 0) is 19.9 Å². The number of carbonyl (C=O) groups is 1. The lowest BCUT2D eigenvalue weighted by atomic mass is 10.2. The molecular formula is C13H13N5O3. The molecule has 0 radical (unpaired) electrons. The minimum Gasteiger partial charge on any atom is -0.478 e. The Morgan fingerprint density at radius 3 is 2.95 bits per heavy atom. The highest BCUT2D eigenvalue weighted by Crippen LogP contribution is 2.17. The van der Waals surface area contributed by atoms with Gasteiger partial charge in [-0.15, -0.1) is 0 Å². The predicted molar refractivity (Wildman–Crippen MR) is 73.3 cm³/mol. The van der Waals surface area contributed by atoms with Crippen molar-refractivity contribution in [2.75, 3.05) is 5.32 Å². The molecule has 8 nitrogen and oxygen atoms in total. The van der Waals surface area contributed by atoms with Crippen LogP contribution in [0.3, 0.4) is 0 Å². The zero-order chi connectivity index (χ0) is 15.0. The van der Waals surface area contributed by atoms with Gasteiger partial charge >= 0.3 is 5.97 Å². The van der Waals surface area contributed by atoms with E-state index in [1.54, 1.807) is 11.4 Å². The fourth-order valence-electron chi connectivity index (χ4n) is 2.08. The summed E-state index contributed by atoms with van der Waals surface area (Å²) in [6, 6.07) is 3.34. The highest BCUT2D eigenvalue weighted by molar-refractivity contribution is 5.88. The average molecular weight is 287 g/mol. The molecule has 0 saturated carbocycles. The number of aromatic nitrogens is 4. The van der Waals surface area contributed by atoms with Crippen molar-refractivity contribution < 1.29 is 14.3 Å². The van der Waals surface area contributed by atoms with Crippen LogP contribution in [0.2, 0.25) is 0 Å². The van der Waals surface area contributed by atoms with E-state index in [1.807, 2.05) is 13.0 Å². The molecule has 0 aliphatic rings. The quantitative estimate of drug-likeness (QED) is 0.751. The molecule has 0 fully saturated rings. The van der Waals surface area contributed by atoms with Gasteiger partial charge in [-0.2, -0.15) is 14.6 Å². The molecule has 0 aliphatic heterocycles. The van der Waals surface area contributed by atoms with Crippen molar-refractivity contribution in [1.29, 1.82) is 0 Å². The molecular weight excluding hydrogens is 274 g/mol. The third-order valence-corrected chi connectivity index (χ3v) is 3.02. The van der Waals surface area contributed by atoms with Crippen molar-refractivity contribution in [2.45, 2.75) is 20.4 Å². The highest BCUT2D eigenvalue weighted by Gasteiger charge is 2.14. The van der Waals surface area contributed by atoms with Crippen LogP contribution in [0.1, 0.15) is 27.6 Å². The van der Waals surface area contributed by atoms with Crippen molar-refractivity contribution in [3.8, 4) is 0 Å². The van der Waals surface area contributed by atoms with Crippen LogP contribution in [0.25, 0.3) is 5.78 Å². The molecule has 0 aliphatic carbocycles. The van der Waals surface area contributed by atoms with E-state index in [2.05, 4.69) is 20.4 Å². The van der Waals surface area contributed by atoms with Gasteiger partial charge in [-0.25, -0.2) is 9.78 Å². The van der Waals surface area contributed by atoms with Crippen LogP contribution in [0.4, 0.5) is 5.82 Å². The summed E-state index contributed by atoms with van der Waals surface area (Å²) in [5.41, 5.74) is 0.975. The van der Waals surface area contributed by atoms with E-state index in [0.717, 1.165) is 5.69 Å². The Balaban J connectivity index is 1.85. The Bertz CT molecular complexity index is 820. The van der Waals surface area contributed by atoms with Gasteiger partial charge in [0.05, 0.1) is 6.54 Å². The summed E-state index contributed by atoms with van der Waals surface area (Å²) in [6.45, 7) is 3.82. The number of nitrogens with one attached hydrogen (secondary N) is 1. The number of hydrogen-bond acceptors (Lipinski definition) is 6. The molecule has 3 aromatic rings. The number of aromatic carboxylic acids is 1. The van der Waals surface area contributed by atoms with E-state index in [-0.39, 0.29) is 5.56 Å². The molecule has 3 aromatic heterocycles. The molecule has 0 atom stereocenters. The van der Waals surface area contributed by atoms with Crippen LogP contribution in [0.15, 0.2) is 22.9 Å². The highest BCUT2D eigenvalue weighted by atomic mass is 16.4. The van der Waals surface area contributed by atoms with Crippen molar-refractivity contribution in [1.82, 2.24) is 19.6 Å². The largest absolute Gasteiger partial charge is 0.478 e. The van der Waals surface area contributed by atoms with Crippen LogP contribution >= 0.6 is 0 Å². The van der Waals surface area contributed by atoms with Crippen LogP contribution in [-0.4, -0.2) is 30.7 Å². The fourth-order valence-corrected chi connectivity index (χ4v) is 2.08. The maximum absolute atomic E-state index is 11.0. The lowest BCUT2D eigenvalue weighted by molar-refractivity contribution is 0.0695. The minimum atomic E-state index is -0.999. The monoisotopic (exact) mass is 287 g/mol. The van der Waals surface area contributed by atoms with Crippen molar-refractivity contribution in [3.63, 3.8) is 0 Å².